The van der Waals surface area contributed by atoms with Crippen molar-refractivity contribution in [2.75, 3.05) is 32.7 Å². The molecule has 2 aromatic carbocycles. The third-order valence-corrected chi connectivity index (χ3v) is 7.37. The summed E-state index contributed by atoms with van der Waals surface area (Å²) in [5.41, 5.74) is 0.155. The smallest absolute Gasteiger partial charge is 0.252 e. The van der Waals surface area contributed by atoms with Crippen LogP contribution in [0.15, 0.2) is 57.9 Å². The van der Waals surface area contributed by atoms with Crippen LogP contribution in [0.25, 0.3) is 0 Å². The summed E-state index contributed by atoms with van der Waals surface area (Å²) in [5, 5.41) is 2.60. The Labute approximate surface area is 183 Å². The zero-order chi connectivity index (χ0) is 21.7. The van der Waals surface area contributed by atoms with Crippen molar-refractivity contribution in [3.63, 3.8) is 0 Å². The van der Waals surface area contributed by atoms with Crippen LogP contribution in [0.5, 0.6) is 0 Å². The number of hydrogen-bond donors (Lipinski definition) is 1. The molecule has 1 aliphatic rings. The van der Waals surface area contributed by atoms with Crippen LogP contribution < -0.4 is 5.32 Å². The maximum Gasteiger partial charge on any atom is 0.252 e. The number of halogens is 2. The molecule has 2 aromatic rings. The molecule has 0 atom stereocenters. The number of nitrogens with one attached hydrogen (secondary N) is 1. The first-order chi connectivity index (χ1) is 14.3. The molecule has 30 heavy (non-hydrogen) atoms. The third kappa shape index (κ3) is 5.24. The second kappa shape index (κ2) is 9.67. The molecule has 1 aliphatic heterocycles. The van der Waals surface area contributed by atoms with Crippen molar-refractivity contribution in [2.24, 2.45) is 0 Å². The molecule has 0 saturated carbocycles. The number of rotatable bonds is 6. The van der Waals surface area contributed by atoms with E-state index < -0.39 is 21.7 Å². The highest BCUT2D eigenvalue weighted by atomic mass is 79.9. The van der Waals surface area contributed by atoms with Gasteiger partial charge in [0.25, 0.3) is 5.91 Å². The standard InChI is InChI=1S/C20H21BrFN3O4S/c21-18-7-6-15(22)14-17(18)20(27)23-9-8-19(26)24-10-12-25(13-11-24)30(28,29)16-4-2-1-3-5-16/h1-7,14H,8-13H2,(H,23,27). The lowest BCUT2D eigenvalue weighted by Crippen LogP contribution is -2.50. The van der Waals surface area contributed by atoms with Crippen LogP contribution in [0.1, 0.15) is 16.8 Å². The lowest BCUT2D eigenvalue weighted by Gasteiger charge is -2.34. The van der Waals surface area contributed by atoms with Crippen molar-refractivity contribution in [1.82, 2.24) is 14.5 Å². The summed E-state index contributed by atoms with van der Waals surface area (Å²) in [7, 11) is -3.57. The van der Waals surface area contributed by atoms with Gasteiger partial charge in [0.2, 0.25) is 15.9 Å². The van der Waals surface area contributed by atoms with Gasteiger partial charge < -0.3 is 10.2 Å². The number of nitrogens with zero attached hydrogens (tertiary/aromatic N) is 2. The lowest BCUT2D eigenvalue weighted by molar-refractivity contribution is -0.132. The molecule has 0 unspecified atom stereocenters. The van der Waals surface area contributed by atoms with E-state index in [2.05, 4.69) is 21.2 Å². The summed E-state index contributed by atoms with van der Waals surface area (Å²) in [4.78, 5) is 26.4. The van der Waals surface area contributed by atoms with Gasteiger partial charge in [0.1, 0.15) is 5.82 Å². The first kappa shape index (κ1) is 22.4. The third-order valence-electron chi connectivity index (χ3n) is 4.77. The van der Waals surface area contributed by atoms with Crippen LogP contribution in [0.2, 0.25) is 0 Å². The molecule has 1 heterocycles. The maximum atomic E-state index is 13.3. The largest absolute Gasteiger partial charge is 0.351 e. The second-order valence-corrected chi connectivity index (χ2v) is 9.52. The number of carbonyl (C=O) groups is 2. The molecular weight excluding hydrogens is 477 g/mol. The summed E-state index contributed by atoms with van der Waals surface area (Å²) in [6.45, 7) is 1.10. The summed E-state index contributed by atoms with van der Waals surface area (Å²) in [6.07, 6.45) is 0.0735. The molecule has 0 spiro atoms. The van der Waals surface area contributed by atoms with E-state index in [-0.39, 0.29) is 55.5 Å². The Morgan fingerprint density at radius 1 is 1.03 bits per heavy atom. The highest BCUT2D eigenvalue weighted by Crippen LogP contribution is 2.18. The number of hydrogen-bond acceptors (Lipinski definition) is 4. The lowest BCUT2D eigenvalue weighted by atomic mass is 10.2. The molecule has 160 valence electrons. The minimum atomic E-state index is -3.57. The Morgan fingerprint density at radius 3 is 2.37 bits per heavy atom. The van der Waals surface area contributed by atoms with Gasteiger partial charge in [-0.3, -0.25) is 9.59 Å². The van der Waals surface area contributed by atoms with E-state index in [1.54, 1.807) is 35.2 Å². The zero-order valence-corrected chi connectivity index (χ0v) is 18.5. The molecule has 0 aromatic heterocycles. The average Bonchev–Trinajstić information content (AvgIpc) is 2.76. The summed E-state index contributed by atoms with van der Waals surface area (Å²) in [6, 6.07) is 12.0. The topological polar surface area (TPSA) is 86.8 Å². The fraction of sp³-hybridized carbons (Fsp3) is 0.300. The quantitative estimate of drug-likeness (QED) is 0.662. The fourth-order valence-corrected chi connectivity index (χ4v) is 5.00. The van der Waals surface area contributed by atoms with E-state index in [1.807, 2.05) is 0 Å². The highest BCUT2D eigenvalue weighted by Gasteiger charge is 2.29. The predicted octanol–water partition coefficient (Wildman–Crippen LogP) is 2.24. The predicted molar refractivity (Wildman–Crippen MR) is 113 cm³/mol. The molecule has 0 aliphatic carbocycles. The van der Waals surface area contributed by atoms with Crippen LogP contribution >= 0.6 is 15.9 Å². The molecule has 0 bridgehead atoms. The SMILES string of the molecule is O=C(NCCC(=O)N1CCN(S(=O)(=O)c2ccccc2)CC1)c1cc(F)ccc1Br. The van der Waals surface area contributed by atoms with Gasteiger partial charge in [0.05, 0.1) is 10.5 Å². The molecule has 3 rings (SSSR count). The van der Waals surface area contributed by atoms with Gasteiger partial charge in [-0.25, -0.2) is 12.8 Å². The van der Waals surface area contributed by atoms with Crippen molar-refractivity contribution < 1.29 is 22.4 Å². The van der Waals surface area contributed by atoms with Gasteiger partial charge in [0.15, 0.2) is 0 Å². The van der Waals surface area contributed by atoms with Gasteiger partial charge in [0, 0.05) is 43.6 Å². The van der Waals surface area contributed by atoms with Gasteiger partial charge in [-0.05, 0) is 46.3 Å². The Balaban J connectivity index is 1.48. The van der Waals surface area contributed by atoms with E-state index in [1.165, 1.54) is 16.4 Å². The van der Waals surface area contributed by atoms with E-state index in [0.29, 0.717) is 4.47 Å². The summed E-state index contributed by atoms with van der Waals surface area (Å²) in [5.74, 6) is -1.18. The van der Waals surface area contributed by atoms with Crippen molar-refractivity contribution >= 4 is 37.8 Å². The first-order valence-corrected chi connectivity index (χ1v) is 11.6. The molecular formula is C20H21BrFN3O4S. The van der Waals surface area contributed by atoms with Gasteiger partial charge in [-0.2, -0.15) is 4.31 Å². The molecule has 7 nitrogen and oxygen atoms in total. The Kier molecular flexibility index (Phi) is 7.22. The van der Waals surface area contributed by atoms with Crippen molar-refractivity contribution in [3.8, 4) is 0 Å². The van der Waals surface area contributed by atoms with Crippen LogP contribution in [-0.2, 0) is 14.8 Å². The second-order valence-electron chi connectivity index (χ2n) is 6.73. The number of amides is 2. The van der Waals surface area contributed by atoms with Crippen molar-refractivity contribution in [1.29, 1.82) is 0 Å². The van der Waals surface area contributed by atoms with Crippen LogP contribution in [0.4, 0.5) is 4.39 Å². The zero-order valence-electron chi connectivity index (χ0n) is 16.1. The number of carbonyl (C=O) groups excluding carboxylic acids is 2. The summed E-state index contributed by atoms with van der Waals surface area (Å²) >= 11 is 3.20. The van der Waals surface area contributed by atoms with Crippen LogP contribution in [-0.4, -0.2) is 62.2 Å². The normalized spacial score (nSPS) is 15.1. The van der Waals surface area contributed by atoms with E-state index >= 15 is 0 Å². The minimum Gasteiger partial charge on any atom is -0.351 e. The number of sulfonamides is 1. The number of benzene rings is 2. The maximum absolute atomic E-state index is 13.3. The van der Waals surface area contributed by atoms with Gasteiger partial charge in [-0.1, -0.05) is 18.2 Å². The average molecular weight is 498 g/mol. The van der Waals surface area contributed by atoms with Crippen molar-refractivity contribution in [2.45, 2.75) is 11.3 Å². The highest BCUT2D eigenvalue weighted by molar-refractivity contribution is 9.10. The van der Waals surface area contributed by atoms with Crippen LogP contribution in [0, 0.1) is 5.82 Å². The Morgan fingerprint density at radius 2 is 1.70 bits per heavy atom. The molecule has 2 amide bonds. The molecule has 1 saturated heterocycles. The molecule has 1 N–H and O–H groups in total. The van der Waals surface area contributed by atoms with E-state index in [0.717, 1.165) is 6.07 Å². The van der Waals surface area contributed by atoms with Crippen LogP contribution in [0.3, 0.4) is 0 Å². The van der Waals surface area contributed by atoms with E-state index in [9.17, 15) is 22.4 Å². The minimum absolute atomic E-state index is 0.0735. The number of piperazine rings is 1. The van der Waals surface area contributed by atoms with Gasteiger partial charge >= 0.3 is 0 Å². The monoisotopic (exact) mass is 497 g/mol. The molecule has 1 fully saturated rings. The van der Waals surface area contributed by atoms with Crippen molar-refractivity contribution in [3.05, 3.63) is 64.4 Å². The summed E-state index contributed by atoms with van der Waals surface area (Å²) < 4.78 is 40.4. The van der Waals surface area contributed by atoms with E-state index in [4.69, 9.17) is 0 Å². The Hall–Kier alpha value is -2.30. The molecule has 0 radical (unpaired) electrons. The van der Waals surface area contributed by atoms with Gasteiger partial charge in [-0.15, -0.1) is 0 Å². The fourth-order valence-electron chi connectivity index (χ4n) is 3.13. The Bertz CT molecular complexity index is 1030. The molecule has 10 heteroatoms. The first-order valence-electron chi connectivity index (χ1n) is 9.35.